The molecule has 192 valence electrons. The summed E-state index contributed by atoms with van der Waals surface area (Å²) in [5.41, 5.74) is 0.560. The lowest BCUT2D eigenvalue weighted by atomic mass is 10.1. The van der Waals surface area contributed by atoms with E-state index >= 15 is 0 Å². The molecule has 0 saturated carbocycles. The Labute approximate surface area is 203 Å². The summed E-state index contributed by atoms with van der Waals surface area (Å²) in [6.45, 7) is 3.53. The summed E-state index contributed by atoms with van der Waals surface area (Å²) in [6, 6.07) is 6.02. The van der Waals surface area contributed by atoms with Crippen LogP contribution in [0.4, 0.5) is 0 Å². The molecular weight excluding hydrogens is 476 g/mol. The van der Waals surface area contributed by atoms with Crippen LogP contribution in [-0.2, 0) is 23.6 Å². The van der Waals surface area contributed by atoms with Crippen LogP contribution in [-0.4, -0.2) is 70.0 Å². The molecular formula is C23H32N4O7S. The number of aromatic amines is 1. The van der Waals surface area contributed by atoms with Crippen LogP contribution in [0.25, 0.3) is 22.3 Å². The van der Waals surface area contributed by atoms with Crippen molar-refractivity contribution in [2.24, 2.45) is 7.05 Å². The molecule has 3 N–H and O–H groups in total. The highest BCUT2D eigenvalue weighted by Crippen LogP contribution is 2.34. The van der Waals surface area contributed by atoms with E-state index in [1.54, 1.807) is 6.07 Å². The van der Waals surface area contributed by atoms with Gasteiger partial charge in [-0.2, -0.15) is 4.31 Å². The number of nitrogens with zero attached hydrogens (tertiary/aromatic N) is 3. The normalized spacial score (nSPS) is 12.1. The van der Waals surface area contributed by atoms with Crippen molar-refractivity contribution in [1.82, 2.24) is 18.4 Å². The van der Waals surface area contributed by atoms with E-state index in [4.69, 9.17) is 4.74 Å². The van der Waals surface area contributed by atoms with Crippen LogP contribution in [0.1, 0.15) is 26.7 Å². The number of H-pyrrole nitrogens is 1. The molecule has 0 aliphatic carbocycles. The molecule has 0 bridgehead atoms. The Balaban J connectivity index is 2.26. The number of aliphatic hydroxyl groups is 2. The summed E-state index contributed by atoms with van der Waals surface area (Å²) in [7, 11) is -2.63. The van der Waals surface area contributed by atoms with Crippen molar-refractivity contribution in [2.75, 3.05) is 32.9 Å². The zero-order valence-corrected chi connectivity index (χ0v) is 21.0. The van der Waals surface area contributed by atoms with Gasteiger partial charge < -0.3 is 19.9 Å². The van der Waals surface area contributed by atoms with Crippen LogP contribution >= 0.6 is 0 Å². The minimum absolute atomic E-state index is 0.0595. The van der Waals surface area contributed by atoms with Gasteiger partial charge in [0, 0.05) is 32.2 Å². The molecule has 1 aromatic carbocycles. The summed E-state index contributed by atoms with van der Waals surface area (Å²) in [5.74, 6) is 0.412. The Hall–Kier alpha value is -2.93. The molecule has 0 aliphatic rings. The average molecular weight is 509 g/mol. The average Bonchev–Trinajstić information content (AvgIpc) is 3.29. The predicted octanol–water partition coefficient (Wildman–Crippen LogP) is 0.869. The number of sulfonamides is 1. The van der Waals surface area contributed by atoms with E-state index in [1.807, 2.05) is 13.8 Å². The zero-order valence-electron chi connectivity index (χ0n) is 20.2. The summed E-state index contributed by atoms with van der Waals surface area (Å²) in [6.07, 6.45) is 1.40. The van der Waals surface area contributed by atoms with Gasteiger partial charge in [0.25, 0.3) is 5.56 Å². The van der Waals surface area contributed by atoms with Crippen molar-refractivity contribution in [2.45, 2.75) is 38.1 Å². The highest BCUT2D eigenvalue weighted by Gasteiger charge is 2.26. The molecule has 2 heterocycles. The van der Waals surface area contributed by atoms with Crippen molar-refractivity contribution >= 4 is 21.1 Å². The van der Waals surface area contributed by atoms with Crippen molar-refractivity contribution in [3.63, 3.8) is 0 Å². The van der Waals surface area contributed by atoms with Crippen LogP contribution in [0.5, 0.6) is 5.75 Å². The van der Waals surface area contributed by atoms with Crippen molar-refractivity contribution < 1.29 is 23.4 Å². The first-order chi connectivity index (χ1) is 16.7. The molecule has 0 fully saturated rings. The number of ether oxygens (including phenoxy) is 1. The van der Waals surface area contributed by atoms with E-state index in [0.717, 1.165) is 15.3 Å². The van der Waals surface area contributed by atoms with Gasteiger partial charge in [-0.05, 0) is 37.1 Å². The summed E-state index contributed by atoms with van der Waals surface area (Å²) in [5, 5.41) is 18.6. The van der Waals surface area contributed by atoms with Gasteiger partial charge in [-0.25, -0.2) is 13.2 Å². The van der Waals surface area contributed by atoms with Crippen LogP contribution in [0.2, 0.25) is 0 Å². The minimum atomic E-state index is -4.04. The molecule has 12 heteroatoms. The van der Waals surface area contributed by atoms with Crippen molar-refractivity contribution in [3.8, 4) is 17.0 Å². The Kier molecular flexibility index (Phi) is 8.54. The smallest absolute Gasteiger partial charge is 0.331 e. The molecule has 0 radical (unpaired) electrons. The van der Waals surface area contributed by atoms with Gasteiger partial charge >= 0.3 is 5.69 Å². The maximum atomic E-state index is 13.2. The van der Waals surface area contributed by atoms with Crippen LogP contribution in [0, 0.1) is 0 Å². The van der Waals surface area contributed by atoms with E-state index in [2.05, 4.69) is 4.98 Å². The second-order valence-electron chi connectivity index (χ2n) is 8.10. The number of rotatable bonds is 12. The predicted molar refractivity (Wildman–Crippen MR) is 132 cm³/mol. The number of hydrogen-bond acceptors (Lipinski definition) is 7. The van der Waals surface area contributed by atoms with E-state index < -0.39 is 34.5 Å². The summed E-state index contributed by atoms with van der Waals surface area (Å²) >= 11 is 0. The molecule has 0 spiro atoms. The number of fused-ring (bicyclic) bond motifs is 1. The van der Waals surface area contributed by atoms with Gasteiger partial charge in [0.05, 0.1) is 35.9 Å². The number of nitrogens with one attached hydrogen (secondary N) is 1. The van der Waals surface area contributed by atoms with Gasteiger partial charge in [0.15, 0.2) is 0 Å². The second kappa shape index (κ2) is 11.2. The first kappa shape index (κ1) is 26.7. The lowest BCUT2D eigenvalue weighted by Gasteiger charge is -2.21. The Bertz CT molecular complexity index is 1400. The standard InChI is InChI=1S/C23H32N4O7S/c1-4-8-27-19-15-18(24-21(19)22(30)25(3)23(27)31)17-14-16(6-7-20(17)34-13-5-2)35(32,33)26(9-11-28)10-12-29/h6-7,14-15,24,28-29H,4-5,8-13H2,1-3H3. The number of benzene rings is 1. The van der Waals surface area contributed by atoms with Crippen molar-refractivity contribution in [3.05, 3.63) is 45.1 Å². The van der Waals surface area contributed by atoms with E-state index in [0.29, 0.717) is 42.1 Å². The fourth-order valence-electron chi connectivity index (χ4n) is 3.89. The number of aromatic nitrogens is 3. The van der Waals surface area contributed by atoms with Gasteiger partial charge in [0.2, 0.25) is 10.0 Å². The van der Waals surface area contributed by atoms with E-state index in [1.165, 1.54) is 29.8 Å². The molecule has 0 amide bonds. The zero-order chi connectivity index (χ0) is 25.8. The summed E-state index contributed by atoms with van der Waals surface area (Å²) in [4.78, 5) is 28.5. The SMILES string of the molecule is CCCOc1ccc(S(=O)(=O)N(CCO)CCO)cc1-c1cc2c([nH]1)c(=O)n(C)c(=O)n2CCC. The first-order valence-electron chi connectivity index (χ1n) is 11.5. The van der Waals surface area contributed by atoms with E-state index in [-0.39, 0.29) is 23.5 Å². The molecule has 0 aliphatic heterocycles. The maximum Gasteiger partial charge on any atom is 0.331 e. The Morgan fingerprint density at radius 3 is 2.34 bits per heavy atom. The third-order valence-corrected chi connectivity index (χ3v) is 7.51. The molecule has 3 aromatic rings. The quantitative estimate of drug-likeness (QED) is 0.329. The molecule has 0 atom stereocenters. The van der Waals surface area contributed by atoms with Gasteiger partial charge in [0.1, 0.15) is 11.3 Å². The molecule has 35 heavy (non-hydrogen) atoms. The minimum Gasteiger partial charge on any atom is -0.493 e. The Morgan fingerprint density at radius 1 is 1.06 bits per heavy atom. The fourth-order valence-corrected chi connectivity index (χ4v) is 5.33. The van der Waals surface area contributed by atoms with E-state index in [9.17, 15) is 28.2 Å². The molecule has 2 aromatic heterocycles. The molecule has 0 saturated heterocycles. The second-order valence-corrected chi connectivity index (χ2v) is 10.0. The van der Waals surface area contributed by atoms with Crippen LogP contribution in [0.3, 0.4) is 0 Å². The monoisotopic (exact) mass is 508 g/mol. The number of hydrogen-bond donors (Lipinski definition) is 3. The first-order valence-corrected chi connectivity index (χ1v) is 13.0. The largest absolute Gasteiger partial charge is 0.493 e. The fraction of sp³-hybridized carbons (Fsp3) is 0.478. The van der Waals surface area contributed by atoms with Gasteiger partial charge in [-0.15, -0.1) is 0 Å². The van der Waals surface area contributed by atoms with Crippen molar-refractivity contribution in [1.29, 1.82) is 0 Å². The maximum absolute atomic E-state index is 13.2. The third-order valence-electron chi connectivity index (χ3n) is 5.61. The molecule has 3 rings (SSSR count). The van der Waals surface area contributed by atoms with Gasteiger partial charge in [-0.3, -0.25) is 13.9 Å². The number of aryl methyl sites for hydroxylation is 1. The molecule has 11 nitrogen and oxygen atoms in total. The van der Waals surface area contributed by atoms with Crippen LogP contribution in [0.15, 0.2) is 38.8 Å². The highest BCUT2D eigenvalue weighted by atomic mass is 32.2. The third kappa shape index (κ3) is 5.20. The topological polar surface area (TPSA) is 147 Å². The van der Waals surface area contributed by atoms with Crippen LogP contribution < -0.4 is 16.0 Å². The lowest BCUT2D eigenvalue weighted by molar-refractivity contribution is 0.217. The lowest BCUT2D eigenvalue weighted by Crippen LogP contribution is -2.38. The number of aliphatic hydroxyl groups excluding tert-OH is 2. The summed E-state index contributed by atoms with van der Waals surface area (Å²) < 4.78 is 35.9. The Morgan fingerprint density at radius 2 is 1.74 bits per heavy atom. The van der Waals surface area contributed by atoms with Gasteiger partial charge in [-0.1, -0.05) is 13.8 Å². The highest BCUT2D eigenvalue weighted by molar-refractivity contribution is 7.89. The molecule has 0 unspecified atom stereocenters.